The Morgan fingerprint density at radius 2 is 0.875 bits per heavy atom. The van der Waals surface area contributed by atoms with Gasteiger partial charge in [-0.15, -0.1) is 0 Å². The molecule has 0 aliphatic rings. The van der Waals surface area contributed by atoms with Crippen molar-refractivity contribution in [3.63, 3.8) is 0 Å². The number of benzene rings is 4. The average molecular weight is 610 g/mol. The molecule has 0 spiro atoms. The lowest BCUT2D eigenvalue weighted by molar-refractivity contribution is 0.0969. The SMILES string of the molecule is Cc1ccc(C(=O)NC(=S)Nc2ccccc2Cl)cc1.Cc1ccc(C(=O)NC(=S)Nc2ccccc2Cl)cc1. The van der Waals surface area contributed by atoms with Crippen LogP contribution in [-0.4, -0.2) is 22.0 Å². The Hall–Kier alpha value is -3.82. The van der Waals surface area contributed by atoms with E-state index in [9.17, 15) is 9.59 Å². The van der Waals surface area contributed by atoms with Crippen molar-refractivity contribution in [2.45, 2.75) is 13.8 Å². The lowest BCUT2D eigenvalue weighted by atomic mass is 10.1. The molecule has 0 saturated carbocycles. The van der Waals surface area contributed by atoms with Crippen LogP contribution in [0, 0.1) is 13.8 Å². The molecule has 0 aliphatic carbocycles. The molecule has 204 valence electrons. The Labute approximate surface area is 254 Å². The normalized spacial score (nSPS) is 9.90. The Balaban J connectivity index is 0.000000220. The molecule has 0 aromatic heterocycles. The van der Waals surface area contributed by atoms with Gasteiger partial charge in [0.05, 0.1) is 21.4 Å². The molecule has 0 saturated heterocycles. The summed E-state index contributed by atoms with van der Waals surface area (Å²) in [6, 6.07) is 28.9. The van der Waals surface area contributed by atoms with Gasteiger partial charge in [0.15, 0.2) is 10.2 Å². The molecule has 40 heavy (non-hydrogen) atoms. The summed E-state index contributed by atoms with van der Waals surface area (Å²) >= 11 is 22.2. The highest BCUT2D eigenvalue weighted by atomic mass is 35.5. The molecular formula is C30H26Cl2N4O2S2. The first-order valence-electron chi connectivity index (χ1n) is 12.0. The molecule has 0 unspecified atom stereocenters. The van der Waals surface area contributed by atoms with Crippen LogP contribution in [0.4, 0.5) is 11.4 Å². The lowest BCUT2D eigenvalue weighted by Gasteiger charge is -2.10. The third-order valence-corrected chi connectivity index (χ3v) is 6.39. The Bertz CT molecular complexity index is 1400. The molecule has 4 aromatic carbocycles. The number of carbonyl (C=O) groups excluding carboxylic acids is 2. The van der Waals surface area contributed by atoms with Gasteiger partial charge in [-0.3, -0.25) is 20.2 Å². The number of hydrogen-bond acceptors (Lipinski definition) is 4. The number of nitrogens with one attached hydrogen (secondary N) is 4. The molecule has 0 heterocycles. The highest BCUT2D eigenvalue weighted by molar-refractivity contribution is 7.80. The first-order valence-corrected chi connectivity index (χ1v) is 13.6. The third kappa shape index (κ3) is 9.73. The predicted molar refractivity (Wildman–Crippen MR) is 173 cm³/mol. The number of halogens is 2. The van der Waals surface area contributed by atoms with Crippen molar-refractivity contribution in [1.82, 2.24) is 10.6 Å². The molecule has 0 bridgehead atoms. The summed E-state index contributed by atoms with van der Waals surface area (Å²) in [7, 11) is 0. The van der Waals surface area contributed by atoms with Gasteiger partial charge in [-0.1, -0.05) is 82.9 Å². The number of aryl methyl sites for hydroxylation is 2. The summed E-state index contributed by atoms with van der Waals surface area (Å²) in [5, 5.41) is 12.5. The molecule has 0 aliphatic heterocycles. The van der Waals surface area contributed by atoms with E-state index in [1.807, 2.05) is 62.4 Å². The van der Waals surface area contributed by atoms with Crippen LogP contribution in [0.5, 0.6) is 0 Å². The Kier molecular flexibility index (Phi) is 11.6. The van der Waals surface area contributed by atoms with E-state index in [4.69, 9.17) is 47.6 Å². The number of amides is 2. The summed E-state index contributed by atoms with van der Waals surface area (Å²) in [6.45, 7) is 3.93. The van der Waals surface area contributed by atoms with E-state index in [2.05, 4.69) is 21.3 Å². The standard InChI is InChI=1S/2C15H13ClN2OS/c2*1-10-6-8-11(9-7-10)14(19)18-15(20)17-13-5-3-2-4-12(13)16/h2*2-9H,1H3,(H2,17,18,19,20). The number of para-hydroxylation sites is 2. The average Bonchev–Trinajstić information content (AvgIpc) is 2.92. The van der Waals surface area contributed by atoms with Crippen molar-refractivity contribution in [3.05, 3.63) is 129 Å². The summed E-state index contributed by atoms with van der Waals surface area (Å²) in [6.07, 6.45) is 0. The smallest absolute Gasteiger partial charge is 0.257 e. The van der Waals surface area contributed by atoms with Crippen molar-refractivity contribution >= 4 is 81.1 Å². The van der Waals surface area contributed by atoms with Gasteiger partial charge in [0.25, 0.3) is 11.8 Å². The fourth-order valence-corrected chi connectivity index (χ4v) is 3.96. The number of thiocarbonyl (C=S) groups is 2. The highest BCUT2D eigenvalue weighted by Gasteiger charge is 2.10. The zero-order chi connectivity index (χ0) is 29.1. The fraction of sp³-hybridized carbons (Fsp3) is 0.0667. The van der Waals surface area contributed by atoms with Crippen LogP contribution in [0.2, 0.25) is 10.0 Å². The number of rotatable bonds is 4. The van der Waals surface area contributed by atoms with Gasteiger partial charge in [-0.25, -0.2) is 0 Å². The lowest BCUT2D eigenvalue weighted by Crippen LogP contribution is -2.34. The molecule has 2 amide bonds. The maximum Gasteiger partial charge on any atom is 0.257 e. The van der Waals surface area contributed by atoms with Crippen molar-refractivity contribution in [2.24, 2.45) is 0 Å². The summed E-state index contributed by atoms with van der Waals surface area (Å²) in [4.78, 5) is 23.9. The van der Waals surface area contributed by atoms with E-state index < -0.39 is 0 Å². The van der Waals surface area contributed by atoms with Crippen molar-refractivity contribution in [1.29, 1.82) is 0 Å². The van der Waals surface area contributed by atoms with E-state index in [0.29, 0.717) is 32.5 Å². The molecule has 0 fully saturated rings. The van der Waals surface area contributed by atoms with E-state index in [1.165, 1.54) is 0 Å². The summed E-state index contributed by atoms with van der Waals surface area (Å²) < 4.78 is 0. The number of hydrogen-bond donors (Lipinski definition) is 4. The van der Waals surface area contributed by atoms with Crippen LogP contribution < -0.4 is 21.3 Å². The minimum absolute atomic E-state index is 0.212. The molecule has 4 N–H and O–H groups in total. The van der Waals surface area contributed by atoms with Gasteiger partial charge < -0.3 is 10.6 Å². The van der Waals surface area contributed by atoms with E-state index in [-0.39, 0.29) is 22.0 Å². The number of anilines is 2. The zero-order valence-electron chi connectivity index (χ0n) is 21.6. The van der Waals surface area contributed by atoms with Gasteiger partial charge in [-0.05, 0) is 86.8 Å². The van der Waals surface area contributed by atoms with Crippen molar-refractivity contribution in [2.75, 3.05) is 10.6 Å². The fourth-order valence-electron chi connectivity index (χ4n) is 3.19. The van der Waals surface area contributed by atoms with Gasteiger partial charge >= 0.3 is 0 Å². The maximum absolute atomic E-state index is 12.0. The highest BCUT2D eigenvalue weighted by Crippen LogP contribution is 2.21. The molecule has 4 aromatic rings. The minimum atomic E-state index is -0.255. The number of carbonyl (C=O) groups is 2. The second-order valence-electron chi connectivity index (χ2n) is 8.51. The Morgan fingerprint density at radius 3 is 1.20 bits per heavy atom. The molecule has 0 atom stereocenters. The predicted octanol–water partition coefficient (Wildman–Crippen LogP) is 7.55. The van der Waals surface area contributed by atoms with Crippen LogP contribution in [0.1, 0.15) is 31.8 Å². The van der Waals surface area contributed by atoms with Gasteiger partial charge in [0.1, 0.15) is 0 Å². The Morgan fingerprint density at radius 1 is 0.550 bits per heavy atom. The van der Waals surface area contributed by atoms with Crippen LogP contribution in [0.25, 0.3) is 0 Å². The van der Waals surface area contributed by atoms with Crippen LogP contribution in [0.15, 0.2) is 97.1 Å². The minimum Gasteiger partial charge on any atom is -0.331 e. The third-order valence-electron chi connectivity index (χ3n) is 5.33. The van der Waals surface area contributed by atoms with E-state index in [0.717, 1.165) is 11.1 Å². The second kappa shape index (κ2) is 15.1. The molecule has 4 rings (SSSR count). The quantitative estimate of drug-likeness (QED) is 0.179. The van der Waals surface area contributed by atoms with Crippen molar-refractivity contribution in [3.8, 4) is 0 Å². The van der Waals surface area contributed by atoms with Crippen LogP contribution in [0.3, 0.4) is 0 Å². The molecule has 6 nitrogen and oxygen atoms in total. The first-order chi connectivity index (χ1) is 19.1. The van der Waals surface area contributed by atoms with Gasteiger partial charge in [0.2, 0.25) is 0 Å². The van der Waals surface area contributed by atoms with Crippen molar-refractivity contribution < 1.29 is 9.59 Å². The molecular weight excluding hydrogens is 583 g/mol. The van der Waals surface area contributed by atoms with Gasteiger partial charge in [-0.2, -0.15) is 0 Å². The van der Waals surface area contributed by atoms with E-state index >= 15 is 0 Å². The monoisotopic (exact) mass is 608 g/mol. The second-order valence-corrected chi connectivity index (χ2v) is 10.1. The largest absolute Gasteiger partial charge is 0.331 e. The summed E-state index contributed by atoms with van der Waals surface area (Å²) in [5.74, 6) is -0.510. The van der Waals surface area contributed by atoms with Crippen LogP contribution in [-0.2, 0) is 0 Å². The maximum atomic E-state index is 12.0. The van der Waals surface area contributed by atoms with Crippen LogP contribution >= 0.6 is 47.6 Å². The van der Waals surface area contributed by atoms with E-state index in [1.54, 1.807) is 48.5 Å². The summed E-state index contributed by atoms with van der Waals surface area (Å²) in [5.41, 5.74) is 4.61. The molecule has 10 heteroatoms. The topological polar surface area (TPSA) is 82.3 Å². The first kappa shape index (κ1) is 30.7. The zero-order valence-corrected chi connectivity index (χ0v) is 24.8. The molecule has 0 radical (unpaired) electrons. The van der Waals surface area contributed by atoms with Gasteiger partial charge in [0, 0.05) is 11.1 Å².